The summed E-state index contributed by atoms with van der Waals surface area (Å²) in [7, 11) is 0. The minimum atomic E-state index is -0.971. The molecule has 0 heterocycles. The van der Waals surface area contributed by atoms with Gasteiger partial charge in [0.25, 0.3) is 0 Å². The van der Waals surface area contributed by atoms with Crippen LogP contribution in [0.25, 0.3) is 0 Å². The molecular formula is C4HCl3. The second kappa shape index (κ2) is 1.45. The lowest BCUT2D eigenvalue weighted by Crippen LogP contribution is -2.30. The maximum atomic E-state index is 5.41. The number of halogens is 3. The first kappa shape index (κ1) is 5.56. The number of hydrogen-bond donors (Lipinski definition) is 0. The Morgan fingerprint density at radius 3 is 1.86 bits per heavy atom. The molecule has 3 heteroatoms. The molecule has 0 aromatic carbocycles. The van der Waals surface area contributed by atoms with Gasteiger partial charge in [-0.2, -0.15) is 0 Å². The molecule has 0 aromatic heterocycles. The van der Waals surface area contributed by atoms with Crippen LogP contribution in [0.5, 0.6) is 0 Å². The molecule has 0 radical (unpaired) electrons. The van der Waals surface area contributed by atoms with E-state index in [1.165, 1.54) is 0 Å². The second-order valence-electron chi connectivity index (χ2n) is 1.25. The summed E-state index contributed by atoms with van der Waals surface area (Å²) < 4.78 is -0.971. The Bertz CT molecular complexity index is 139. The fraction of sp³-hybridized carbons (Fsp3) is 0.500. The number of alkyl halides is 3. The summed E-state index contributed by atoms with van der Waals surface area (Å²) in [5.74, 6) is 5.03. The lowest BCUT2D eigenvalue weighted by atomic mass is 10.2. The summed E-state index contributed by atoms with van der Waals surface area (Å²) in [6, 6.07) is 0. The van der Waals surface area contributed by atoms with Gasteiger partial charge in [-0.1, -0.05) is 35.0 Å². The molecule has 1 unspecified atom stereocenters. The molecule has 0 saturated heterocycles. The van der Waals surface area contributed by atoms with Crippen LogP contribution in [0.15, 0.2) is 0 Å². The van der Waals surface area contributed by atoms with Gasteiger partial charge in [0.1, 0.15) is 5.38 Å². The lowest BCUT2D eigenvalue weighted by Gasteiger charge is -2.20. The predicted octanol–water partition coefficient (Wildman–Crippen LogP) is 1.78. The van der Waals surface area contributed by atoms with Gasteiger partial charge >= 0.3 is 0 Å². The van der Waals surface area contributed by atoms with E-state index >= 15 is 0 Å². The quantitative estimate of drug-likeness (QED) is 0.370. The van der Waals surface area contributed by atoms with E-state index in [1.807, 2.05) is 0 Å². The predicted molar refractivity (Wildman–Crippen MR) is 31.9 cm³/mol. The molecule has 1 aliphatic carbocycles. The average molecular weight is 155 g/mol. The molecule has 0 N–H and O–H groups in total. The van der Waals surface area contributed by atoms with E-state index in [0.717, 1.165) is 0 Å². The van der Waals surface area contributed by atoms with Crippen LogP contribution in [-0.4, -0.2) is 9.71 Å². The Hall–Kier alpha value is 0.430. The van der Waals surface area contributed by atoms with Gasteiger partial charge in [0.15, 0.2) is 0 Å². The molecule has 0 spiro atoms. The van der Waals surface area contributed by atoms with Crippen molar-refractivity contribution < 1.29 is 0 Å². The zero-order chi connectivity index (χ0) is 5.49. The van der Waals surface area contributed by atoms with Crippen LogP contribution < -0.4 is 0 Å². The average Bonchev–Trinajstić information content (AvgIpc) is 1.63. The molecule has 38 valence electrons. The van der Waals surface area contributed by atoms with Crippen LogP contribution in [0.2, 0.25) is 0 Å². The summed E-state index contributed by atoms with van der Waals surface area (Å²) >= 11 is 16.2. The van der Waals surface area contributed by atoms with E-state index in [4.69, 9.17) is 34.8 Å². The molecule has 1 rings (SSSR count). The third-order valence-corrected chi connectivity index (χ3v) is 1.97. The fourth-order valence-corrected chi connectivity index (χ4v) is 0.563. The zero-order valence-corrected chi connectivity index (χ0v) is 5.48. The van der Waals surface area contributed by atoms with Crippen LogP contribution in [0.4, 0.5) is 0 Å². The molecule has 0 aliphatic heterocycles. The molecular weight excluding hydrogens is 154 g/mol. The van der Waals surface area contributed by atoms with Crippen LogP contribution in [0, 0.1) is 11.8 Å². The van der Waals surface area contributed by atoms with E-state index in [-0.39, 0.29) is 5.38 Å². The summed E-state index contributed by atoms with van der Waals surface area (Å²) in [6.45, 7) is 0. The molecule has 0 aromatic rings. The summed E-state index contributed by atoms with van der Waals surface area (Å²) in [5.41, 5.74) is 0. The van der Waals surface area contributed by atoms with Crippen LogP contribution >= 0.6 is 34.8 Å². The highest BCUT2D eigenvalue weighted by Gasteiger charge is 2.36. The van der Waals surface area contributed by atoms with Crippen molar-refractivity contribution in [2.45, 2.75) is 9.71 Å². The van der Waals surface area contributed by atoms with Crippen LogP contribution in [0.3, 0.4) is 0 Å². The molecule has 0 amide bonds. The van der Waals surface area contributed by atoms with Gasteiger partial charge in [-0.25, -0.2) is 0 Å². The molecule has 0 nitrogen and oxygen atoms in total. The van der Waals surface area contributed by atoms with Gasteiger partial charge < -0.3 is 0 Å². The van der Waals surface area contributed by atoms with E-state index in [0.29, 0.717) is 0 Å². The number of rotatable bonds is 0. The van der Waals surface area contributed by atoms with Crippen molar-refractivity contribution in [3.63, 3.8) is 0 Å². The Morgan fingerprint density at radius 2 is 1.86 bits per heavy atom. The standard InChI is InChI=1S/C4HCl3/c5-3-1-2-4(3,6)7/h3H. The van der Waals surface area contributed by atoms with E-state index < -0.39 is 4.33 Å². The molecule has 0 fully saturated rings. The van der Waals surface area contributed by atoms with E-state index in [2.05, 4.69) is 11.8 Å². The molecule has 0 bridgehead atoms. The molecule has 1 aliphatic rings. The fourth-order valence-electron chi connectivity index (χ4n) is 0.236. The third-order valence-electron chi connectivity index (χ3n) is 0.684. The molecule has 0 saturated carbocycles. The first-order chi connectivity index (χ1) is 3.13. The van der Waals surface area contributed by atoms with Gasteiger partial charge in [0.05, 0.1) is 0 Å². The Morgan fingerprint density at radius 1 is 1.43 bits per heavy atom. The summed E-state index contributed by atoms with van der Waals surface area (Å²) in [6.07, 6.45) is 0. The number of hydrogen-bond acceptors (Lipinski definition) is 0. The van der Waals surface area contributed by atoms with Crippen LogP contribution in [0.1, 0.15) is 0 Å². The topological polar surface area (TPSA) is 0 Å². The van der Waals surface area contributed by atoms with E-state index in [1.54, 1.807) is 0 Å². The largest absolute Gasteiger partial charge is 0.205 e. The molecule has 1 atom stereocenters. The highest BCUT2D eigenvalue weighted by molar-refractivity contribution is 6.56. The zero-order valence-electron chi connectivity index (χ0n) is 3.21. The Kier molecular flexibility index (Phi) is 1.15. The van der Waals surface area contributed by atoms with Crippen molar-refractivity contribution >= 4 is 34.8 Å². The van der Waals surface area contributed by atoms with Crippen molar-refractivity contribution in [3.05, 3.63) is 0 Å². The minimum absolute atomic E-state index is 0.379. The minimum Gasteiger partial charge on any atom is -0.104 e. The van der Waals surface area contributed by atoms with Crippen molar-refractivity contribution in [1.29, 1.82) is 0 Å². The van der Waals surface area contributed by atoms with E-state index in [9.17, 15) is 0 Å². The monoisotopic (exact) mass is 154 g/mol. The smallest absolute Gasteiger partial charge is 0.104 e. The third kappa shape index (κ3) is 0.817. The summed E-state index contributed by atoms with van der Waals surface area (Å²) in [4.78, 5) is 0. The van der Waals surface area contributed by atoms with Crippen molar-refractivity contribution in [2.75, 3.05) is 0 Å². The first-order valence-corrected chi connectivity index (χ1v) is 2.87. The maximum absolute atomic E-state index is 5.41. The Labute approximate surface area is 56.7 Å². The van der Waals surface area contributed by atoms with Gasteiger partial charge in [-0.05, 0) is 0 Å². The Balaban J connectivity index is 2.73. The SMILES string of the molecule is ClC1C#CC1(Cl)Cl. The van der Waals surface area contributed by atoms with Crippen LogP contribution in [-0.2, 0) is 0 Å². The summed E-state index contributed by atoms with van der Waals surface area (Å²) in [5, 5.41) is -0.379. The van der Waals surface area contributed by atoms with Gasteiger partial charge in [0, 0.05) is 0 Å². The normalized spacial score (nSPS) is 32.7. The molecule has 7 heavy (non-hydrogen) atoms. The van der Waals surface area contributed by atoms with Gasteiger partial charge in [0.2, 0.25) is 4.33 Å². The van der Waals surface area contributed by atoms with Crippen molar-refractivity contribution in [3.8, 4) is 11.8 Å². The van der Waals surface area contributed by atoms with Crippen molar-refractivity contribution in [1.82, 2.24) is 0 Å². The highest BCUT2D eigenvalue weighted by Crippen LogP contribution is 2.33. The lowest BCUT2D eigenvalue weighted by molar-refractivity contribution is 0.989. The highest BCUT2D eigenvalue weighted by atomic mass is 35.5. The first-order valence-electron chi connectivity index (χ1n) is 1.67. The van der Waals surface area contributed by atoms with Crippen molar-refractivity contribution in [2.24, 2.45) is 0 Å². The van der Waals surface area contributed by atoms with Gasteiger partial charge in [-0.15, -0.1) is 11.6 Å². The van der Waals surface area contributed by atoms with Gasteiger partial charge in [-0.3, -0.25) is 0 Å². The maximum Gasteiger partial charge on any atom is 0.205 e. The second-order valence-corrected chi connectivity index (χ2v) is 3.08.